The molecule has 0 saturated heterocycles. The Kier molecular flexibility index (Phi) is 4.59. The molecule has 2 N–H and O–H groups in total. The van der Waals surface area contributed by atoms with E-state index in [1.165, 1.54) is 0 Å². The Morgan fingerprint density at radius 3 is 2.80 bits per heavy atom. The second-order valence-corrected chi connectivity index (χ2v) is 3.77. The second-order valence-electron chi connectivity index (χ2n) is 3.37. The standard InChI is InChI=1S/C11H14ClNO2/c1-8(6-7-14)13-11(15)9-4-2-3-5-10(9)12/h2-5,8,14H,6-7H2,1H3,(H,13,15). The van der Waals surface area contributed by atoms with E-state index in [-0.39, 0.29) is 18.6 Å². The van der Waals surface area contributed by atoms with E-state index in [0.717, 1.165) is 0 Å². The van der Waals surface area contributed by atoms with Crippen LogP contribution < -0.4 is 5.32 Å². The maximum absolute atomic E-state index is 11.7. The van der Waals surface area contributed by atoms with E-state index in [0.29, 0.717) is 17.0 Å². The summed E-state index contributed by atoms with van der Waals surface area (Å²) in [5, 5.41) is 11.9. The fourth-order valence-corrected chi connectivity index (χ4v) is 1.43. The van der Waals surface area contributed by atoms with Crippen LogP contribution in [0.2, 0.25) is 5.02 Å². The van der Waals surface area contributed by atoms with Crippen molar-refractivity contribution < 1.29 is 9.90 Å². The van der Waals surface area contributed by atoms with Crippen LogP contribution in [0.15, 0.2) is 24.3 Å². The van der Waals surface area contributed by atoms with Crippen molar-refractivity contribution in [3.05, 3.63) is 34.9 Å². The minimum atomic E-state index is -0.207. The molecule has 4 heteroatoms. The molecule has 0 radical (unpaired) electrons. The molecule has 0 aliphatic carbocycles. The average molecular weight is 228 g/mol. The third-order valence-electron chi connectivity index (χ3n) is 2.06. The molecule has 0 spiro atoms. The number of carbonyl (C=O) groups excluding carboxylic acids is 1. The highest BCUT2D eigenvalue weighted by Crippen LogP contribution is 2.14. The van der Waals surface area contributed by atoms with Crippen molar-refractivity contribution in [1.82, 2.24) is 5.32 Å². The first-order chi connectivity index (χ1) is 7.15. The lowest BCUT2D eigenvalue weighted by molar-refractivity contribution is 0.0934. The molecule has 1 aromatic carbocycles. The van der Waals surface area contributed by atoms with Gasteiger partial charge in [-0.15, -0.1) is 0 Å². The summed E-state index contributed by atoms with van der Waals surface area (Å²) in [4.78, 5) is 11.7. The van der Waals surface area contributed by atoms with E-state index in [4.69, 9.17) is 16.7 Å². The van der Waals surface area contributed by atoms with Gasteiger partial charge in [-0.05, 0) is 25.5 Å². The molecule has 0 saturated carbocycles. The van der Waals surface area contributed by atoms with Gasteiger partial charge in [-0.25, -0.2) is 0 Å². The fourth-order valence-electron chi connectivity index (χ4n) is 1.21. The largest absolute Gasteiger partial charge is 0.396 e. The molecule has 1 rings (SSSR count). The smallest absolute Gasteiger partial charge is 0.252 e. The second kappa shape index (κ2) is 5.73. The summed E-state index contributed by atoms with van der Waals surface area (Å²) < 4.78 is 0. The lowest BCUT2D eigenvalue weighted by Crippen LogP contribution is -2.33. The van der Waals surface area contributed by atoms with Gasteiger partial charge in [0, 0.05) is 12.6 Å². The number of aliphatic hydroxyl groups excluding tert-OH is 1. The zero-order valence-electron chi connectivity index (χ0n) is 8.53. The summed E-state index contributed by atoms with van der Waals surface area (Å²) in [6.07, 6.45) is 0.538. The van der Waals surface area contributed by atoms with Gasteiger partial charge in [0.25, 0.3) is 5.91 Å². The van der Waals surface area contributed by atoms with Crippen LogP contribution in [-0.2, 0) is 0 Å². The first-order valence-electron chi connectivity index (χ1n) is 4.81. The number of aliphatic hydroxyl groups is 1. The molecule has 0 bridgehead atoms. The van der Waals surface area contributed by atoms with Crippen LogP contribution in [0.3, 0.4) is 0 Å². The van der Waals surface area contributed by atoms with E-state index in [2.05, 4.69) is 5.32 Å². The Hall–Kier alpha value is -1.06. The minimum Gasteiger partial charge on any atom is -0.396 e. The lowest BCUT2D eigenvalue weighted by atomic mass is 10.2. The molecule has 0 aromatic heterocycles. The lowest BCUT2D eigenvalue weighted by Gasteiger charge is -2.12. The van der Waals surface area contributed by atoms with E-state index in [1.807, 2.05) is 6.92 Å². The summed E-state index contributed by atoms with van der Waals surface area (Å²) in [7, 11) is 0. The third-order valence-corrected chi connectivity index (χ3v) is 2.39. The van der Waals surface area contributed by atoms with E-state index >= 15 is 0 Å². The predicted octanol–water partition coefficient (Wildman–Crippen LogP) is 1.84. The van der Waals surface area contributed by atoms with E-state index in [1.54, 1.807) is 24.3 Å². The van der Waals surface area contributed by atoms with Crippen LogP contribution >= 0.6 is 11.6 Å². The highest BCUT2D eigenvalue weighted by atomic mass is 35.5. The fraction of sp³-hybridized carbons (Fsp3) is 0.364. The summed E-state index contributed by atoms with van der Waals surface area (Å²) in [6.45, 7) is 1.90. The van der Waals surface area contributed by atoms with Crippen LogP contribution in [0.4, 0.5) is 0 Å². The highest BCUT2D eigenvalue weighted by molar-refractivity contribution is 6.33. The SMILES string of the molecule is CC(CCO)NC(=O)c1ccccc1Cl. The Morgan fingerprint density at radius 1 is 1.53 bits per heavy atom. The van der Waals surface area contributed by atoms with Gasteiger partial charge in [0.15, 0.2) is 0 Å². The zero-order valence-corrected chi connectivity index (χ0v) is 9.29. The van der Waals surface area contributed by atoms with Crippen LogP contribution in [-0.4, -0.2) is 23.7 Å². The number of hydrogen-bond donors (Lipinski definition) is 2. The van der Waals surface area contributed by atoms with Crippen LogP contribution in [0.25, 0.3) is 0 Å². The van der Waals surface area contributed by atoms with Gasteiger partial charge in [-0.3, -0.25) is 4.79 Å². The Morgan fingerprint density at radius 2 is 2.20 bits per heavy atom. The molecule has 82 valence electrons. The molecule has 1 amide bonds. The van der Waals surface area contributed by atoms with Crippen LogP contribution in [0, 0.1) is 0 Å². The minimum absolute atomic E-state index is 0.0567. The normalized spacial score (nSPS) is 12.2. The molecule has 0 heterocycles. The first-order valence-corrected chi connectivity index (χ1v) is 5.19. The van der Waals surface area contributed by atoms with E-state index < -0.39 is 0 Å². The van der Waals surface area contributed by atoms with Crippen molar-refractivity contribution in [2.45, 2.75) is 19.4 Å². The number of benzene rings is 1. The number of hydrogen-bond acceptors (Lipinski definition) is 2. The van der Waals surface area contributed by atoms with Crippen molar-refractivity contribution >= 4 is 17.5 Å². The number of carbonyl (C=O) groups is 1. The molecule has 1 atom stereocenters. The Balaban J connectivity index is 2.65. The third kappa shape index (κ3) is 3.53. The summed E-state index contributed by atoms with van der Waals surface area (Å²) in [5.74, 6) is -0.207. The molecule has 1 aromatic rings. The molecular formula is C11H14ClNO2. The van der Waals surface area contributed by atoms with Crippen molar-refractivity contribution in [2.75, 3.05) is 6.61 Å². The summed E-state index contributed by atoms with van der Waals surface area (Å²) in [5.41, 5.74) is 0.462. The molecule has 3 nitrogen and oxygen atoms in total. The highest BCUT2D eigenvalue weighted by Gasteiger charge is 2.11. The Labute approximate surface area is 94.1 Å². The maximum Gasteiger partial charge on any atom is 0.252 e. The number of amides is 1. The van der Waals surface area contributed by atoms with Gasteiger partial charge in [0.05, 0.1) is 10.6 Å². The molecule has 0 fully saturated rings. The van der Waals surface area contributed by atoms with Gasteiger partial charge in [0.1, 0.15) is 0 Å². The van der Waals surface area contributed by atoms with Gasteiger partial charge in [-0.1, -0.05) is 23.7 Å². The summed E-state index contributed by atoms with van der Waals surface area (Å²) >= 11 is 5.87. The topological polar surface area (TPSA) is 49.3 Å². The molecule has 0 aliphatic heterocycles. The molecular weight excluding hydrogens is 214 g/mol. The molecule has 0 aliphatic rings. The predicted molar refractivity (Wildman–Crippen MR) is 60.1 cm³/mol. The number of nitrogens with one attached hydrogen (secondary N) is 1. The van der Waals surface area contributed by atoms with Crippen molar-refractivity contribution in [2.24, 2.45) is 0 Å². The van der Waals surface area contributed by atoms with Crippen molar-refractivity contribution in [1.29, 1.82) is 0 Å². The quantitative estimate of drug-likeness (QED) is 0.825. The number of rotatable bonds is 4. The first kappa shape index (κ1) is 12.0. The van der Waals surface area contributed by atoms with Crippen LogP contribution in [0.5, 0.6) is 0 Å². The van der Waals surface area contributed by atoms with Gasteiger partial charge < -0.3 is 10.4 Å². The van der Waals surface area contributed by atoms with Gasteiger partial charge >= 0.3 is 0 Å². The van der Waals surface area contributed by atoms with Gasteiger partial charge in [0.2, 0.25) is 0 Å². The van der Waals surface area contributed by atoms with Gasteiger partial charge in [-0.2, -0.15) is 0 Å². The Bertz CT molecular complexity index is 341. The maximum atomic E-state index is 11.7. The summed E-state index contributed by atoms with van der Waals surface area (Å²) in [6, 6.07) is 6.82. The van der Waals surface area contributed by atoms with E-state index in [9.17, 15) is 4.79 Å². The van der Waals surface area contributed by atoms with Crippen LogP contribution in [0.1, 0.15) is 23.7 Å². The van der Waals surface area contributed by atoms with Crippen molar-refractivity contribution in [3.63, 3.8) is 0 Å². The van der Waals surface area contributed by atoms with Crippen molar-refractivity contribution in [3.8, 4) is 0 Å². The zero-order chi connectivity index (χ0) is 11.3. The monoisotopic (exact) mass is 227 g/mol. The molecule has 1 unspecified atom stereocenters. The molecule has 15 heavy (non-hydrogen) atoms. The number of halogens is 1. The average Bonchev–Trinajstić information content (AvgIpc) is 2.18.